The fraction of sp³-hybridized carbons (Fsp3) is 0.231. The van der Waals surface area contributed by atoms with Crippen LogP contribution < -0.4 is 10.3 Å². The van der Waals surface area contributed by atoms with Gasteiger partial charge in [0.15, 0.2) is 0 Å². The Labute approximate surface area is 100 Å². The van der Waals surface area contributed by atoms with E-state index in [1.807, 2.05) is 19.1 Å². The molecule has 0 spiro atoms. The first-order valence-corrected chi connectivity index (χ1v) is 4.97. The van der Waals surface area contributed by atoms with E-state index in [9.17, 15) is 4.79 Å². The Kier molecular flexibility index (Phi) is 4.46. The van der Waals surface area contributed by atoms with E-state index in [0.29, 0.717) is 12.4 Å². The summed E-state index contributed by atoms with van der Waals surface area (Å²) in [4.78, 5) is 17.7. The van der Waals surface area contributed by atoms with Gasteiger partial charge >= 0.3 is 0 Å². The van der Waals surface area contributed by atoms with Gasteiger partial charge in [-0.15, -0.1) is 0 Å². The first-order chi connectivity index (χ1) is 7.74. The van der Waals surface area contributed by atoms with Crippen LogP contribution >= 0.6 is 0 Å². The third-order valence-electron chi connectivity index (χ3n) is 2.12. The Morgan fingerprint density at radius 1 is 1.35 bits per heavy atom. The number of pyridine rings is 2. The molecule has 0 saturated heterocycles. The number of nitrogens with zero attached hydrogens (tertiary/aromatic N) is 1. The number of hydrogen-bond acceptors (Lipinski definition) is 3. The van der Waals surface area contributed by atoms with Crippen LogP contribution in [0.25, 0.3) is 0 Å². The lowest BCUT2D eigenvalue weighted by Gasteiger charge is -2.05. The van der Waals surface area contributed by atoms with Gasteiger partial charge < -0.3 is 9.72 Å². The van der Waals surface area contributed by atoms with Crippen molar-refractivity contribution in [1.82, 2.24) is 9.97 Å². The SMILES string of the molecule is C.Cc1ccc(COc2cc[nH]c(=O)c2)cn1. The molecule has 0 aliphatic rings. The normalized spacial score (nSPS) is 9.47. The molecule has 0 saturated carbocycles. The van der Waals surface area contributed by atoms with E-state index in [4.69, 9.17) is 4.74 Å². The molecule has 4 heteroatoms. The molecule has 0 aliphatic carbocycles. The highest BCUT2D eigenvalue weighted by molar-refractivity contribution is 5.18. The number of rotatable bonds is 3. The molecule has 2 aromatic heterocycles. The standard InChI is InChI=1S/C12H12N2O2.CH4/c1-9-2-3-10(7-14-9)8-16-11-4-5-13-12(15)6-11;/h2-7H,8H2,1H3,(H,13,15);1H4. The van der Waals surface area contributed by atoms with Gasteiger partial charge in [0.1, 0.15) is 12.4 Å². The highest BCUT2D eigenvalue weighted by atomic mass is 16.5. The molecule has 0 unspecified atom stereocenters. The largest absolute Gasteiger partial charge is 0.489 e. The van der Waals surface area contributed by atoms with E-state index in [2.05, 4.69) is 9.97 Å². The van der Waals surface area contributed by atoms with Crippen LogP contribution in [-0.2, 0) is 6.61 Å². The molecular weight excluding hydrogens is 216 g/mol. The minimum atomic E-state index is -0.167. The maximum absolute atomic E-state index is 11.0. The van der Waals surface area contributed by atoms with E-state index in [0.717, 1.165) is 11.3 Å². The molecule has 0 atom stereocenters. The van der Waals surface area contributed by atoms with Crippen molar-refractivity contribution in [3.63, 3.8) is 0 Å². The van der Waals surface area contributed by atoms with Gasteiger partial charge in [0.05, 0.1) is 0 Å². The number of H-pyrrole nitrogens is 1. The van der Waals surface area contributed by atoms with E-state index >= 15 is 0 Å². The van der Waals surface area contributed by atoms with E-state index < -0.39 is 0 Å². The highest BCUT2D eigenvalue weighted by Gasteiger charge is 1.96. The molecule has 2 heterocycles. The van der Waals surface area contributed by atoms with E-state index in [1.165, 1.54) is 6.07 Å². The minimum Gasteiger partial charge on any atom is -0.489 e. The quantitative estimate of drug-likeness (QED) is 0.883. The molecule has 0 radical (unpaired) electrons. The Hall–Kier alpha value is -2.10. The maximum Gasteiger partial charge on any atom is 0.251 e. The molecule has 0 aromatic carbocycles. The van der Waals surface area contributed by atoms with Crippen molar-refractivity contribution in [3.05, 3.63) is 58.3 Å². The topological polar surface area (TPSA) is 55.0 Å². The van der Waals surface area contributed by atoms with Crippen molar-refractivity contribution in [1.29, 1.82) is 0 Å². The van der Waals surface area contributed by atoms with Crippen molar-refractivity contribution in [2.45, 2.75) is 21.0 Å². The second kappa shape index (κ2) is 5.84. The zero-order chi connectivity index (χ0) is 11.4. The van der Waals surface area contributed by atoms with Crippen LogP contribution in [0.3, 0.4) is 0 Å². The van der Waals surface area contributed by atoms with Gasteiger partial charge in [0.25, 0.3) is 5.56 Å². The molecule has 17 heavy (non-hydrogen) atoms. The zero-order valence-corrected chi connectivity index (χ0v) is 8.93. The zero-order valence-electron chi connectivity index (χ0n) is 8.93. The summed E-state index contributed by atoms with van der Waals surface area (Å²) in [7, 11) is 0. The van der Waals surface area contributed by atoms with Crippen molar-refractivity contribution in [2.75, 3.05) is 0 Å². The summed E-state index contributed by atoms with van der Waals surface area (Å²) in [6.45, 7) is 2.35. The molecular formula is C13H16N2O2. The van der Waals surface area contributed by atoms with Gasteiger partial charge in [-0.3, -0.25) is 9.78 Å². The molecule has 0 fully saturated rings. The molecule has 2 aromatic rings. The number of aromatic amines is 1. The first-order valence-electron chi connectivity index (χ1n) is 4.97. The third kappa shape index (κ3) is 3.75. The summed E-state index contributed by atoms with van der Waals surface area (Å²) in [6.07, 6.45) is 3.33. The molecule has 2 rings (SSSR count). The molecule has 0 amide bonds. The van der Waals surface area contributed by atoms with Gasteiger partial charge in [0, 0.05) is 29.7 Å². The Morgan fingerprint density at radius 3 is 2.82 bits per heavy atom. The molecule has 0 bridgehead atoms. The van der Waals surface area contributed by atoms with Crippen LogP contribution in [0.5, 0.6) is 5.75 Å². The lowest BCUT2D eigenvalue weighted by Crippen LogP contribution is -2.04. The number of hydrogen-bond donors (Lipinski definition) is 1. The van der Waals surface area contributed by atoms with Gasteiger partial charge in [-0.2, -0.15) is 0 Å². The fourth-order valence-electron chi connectivity index (χ4n) is 1.27. The summed E-state index contributed by atoms with van der Waals surface area (Å²) >= 11 is 0. The molecule has 4 nitrogen and oxygen atoms in total. The number of ether oxygens (including phenoxy) is 1. The highest BCUT2D eigenvalue weighted by Crippen LogP contribution is 2.08. The van der Waals surface area contributed by atoms with Crippen LogP contribution in [0.15, 0.2) is 41.5 Å². The Bertz CT molecular complexity index is 517. The Morgan fingerprint density at radius 2 is 2.18 bits per heavy atom. The van der Waals surface area contributed by atoms with Gasteiger partial charge in [-0.1, -0.05) is 13.5 Å². The van der Waals surface area contributed by atoms with Crippen molar-refractivity contribution in [3.8, 4) is 5.75 Å². The van der Waals surface area contributed by atoms with Crippen LogP contribution in [0.4, 0.5) is 0 Å². The number of nitrogens with one attached hydrogen (secondary N) is 1. The first kappa shape index (κ1) is 13.0. The van der Waals surface area contributed by atoms with Crippen LogP contribution in [0, 0.1) is 6.92 Å². The summed E-state index contributed by atoms with van der Waals surface area (Å²) in [6, 6.07) is 7.01. The smallest absolute Gasteiger partial charge is 0.251 e. The van der Waals surface area contributed by atoms with Gasteiger partial charge in [-0.05, 0) is 19.1 Å². The van der Waals surface area contributed by atoms with Crippen LogP contribution in [0.1, 0.15) is 18.7 Å². The monoisotopic (exact) mass is 232 g/mol. The molecule has 0 aliphatic heterocycles. The summed E-state index contributed by atoms with van der Waals surface area (Å²) in [5.74, 6) is 0.560. The average Bonchev–Trinajstić information content (AvgIpc) is 2.28. The number of aromatic nitrogens is 2. The predicted octanol–water partition coefficient (Wildman–Crippen LogP) is 2.29. The summed E-state index contributed by atoms with van der Waals surface area (Å²) in [5, 5.41) is 0. The molecule has 1 N–H and O–H groups in total. The number of aryl methyl sites for hydroxylation is 1. The summed E-state index contributed by atoms with van der Waals surface area (Å²) in [5.41, 5.74) is 1.78. The fourth-order valence-corrected chi connectivity index (χ4v) is 1.27. The van der Waals surface area contributed by atoms with Gasteiger partial charge in [-0.25, -0.2) is 0 Å². The lowest BCUT2D eigenvalue weighted by molar-refractivity contribution is 0.305. The van der Waals surface area contributed by atoms with Crippen molar-refractivity contribution < 1.29 is 4.74 Å². The molecule has 90 valence electrons. The lowest BCUT2D eigenvalue weighted by atomic mass is 10.3. The average molecular weight is 232 g/mol. The maximum atomic E-state index is 11.0. The van der Waals surface area contributed by atoms with Crippen LogP contribution in [-0.4, -0.2) is 9.97 Å². The predicted molar refractivity (Wildman–Crippen MR) is 67.1 cm³/mol. The minimum absolute atomic E-state index is 0. The van der Waals surface area contributed by atoms with Gasteiger partial charge in [0.2, 0.25) is 0 Å². The van der Waals surface area contributed by atoms with E-state index in [1.54, 1.807) is 18.5 Å². The third-order valence-corrected chi connectivity index (χ3v) is 2.12. The van der Waals surface area contributed by atoms with Crippen molar-refractivity contribution >= 4 is 0 Å². The van der Waals surface area contributed by atoms with Crippen LogP contribution in [0.2, 0.25) is 0 Å². The Balaban J connectivity index is 0.00000144. The summed E-state index contributed by atoms with van der Waals surface area (Å²) < 4.78 is 5.45. The second-order valence-electron chi connectivity index (χ2n) is 3.49. The van der Waals surface area contributed by atoms with Crippen molar-refractivity contribution in [2.24, 2.45) is 0 Å². The van der Waals surface area contributed by atoms with E-state index in [-0.39, 0.29) is 13.0 Å². The second-order valence-corrected chi connectivity index (χ2v) is 3.49.